The third-order valence-electron chi connectivity index (χ3n) is 3.06. The van der Waals surface area contributed by atoms with E-state index in [1.54, 1.807) is 40.1 Å². The zero-order valence-corrected chi connectivity index (χ0v) is 12.8. The first-order chi connectivity index (χ1) is 9.78. The summed E-state index contributed by atoms with van der Waals surface area (Å²) >= 11 is 0. The van der Waals surface area contributed by atoms with E-state index < -0.39 is 11.6 Å². The number of carbonyl (C=O) groups excluding carboxylic acids is 1. The second-order valence-corrected chi connectivity index (χ2v) is 6.04. The van der Waals surface area contributed by atoms with Gasteiger partial charge < -0.3 is 9.84 Å². The summed E-state index contributed by atoms with van der Waals surface area (Å²) in [5, 5.41) is 10.2. The Morgan fingerprint density at radius 2 is 2.14 bits per heavy atom. The summed E-state index contributed by atoms with van der Waals surface area (Å²) in [7, 11) is 0. The molecular weight excluding hydrogens is 268 g/mol. The quantitative estimate of drug-likeness (QED) is 0.849. The van der Waals surface area contributed by atoms with Gasteiger partial charge in [-0.1, -0.05) is 6.07 Å². The molecule has 1 aromatic heterocycles. The van der Waals surface area contributed by atoms with Crippen LogP contribution in [0.25, 0.3) is 0 Å². The molecule has 2 heterocycles. The number of carbonyl (C=O) groups is 1. The van der Waals surface area contributed by atoms with Crippen LogP contribution in [0.2, 0.25) is 0 Å². The van der Waals surface area contributed by atoms with Crippen molar-refractivity contribution in [1.82, 2.24) is 4.98 Å². The number of pyridine rings is 1. The minimum Gasteiger partial charge on any atom is -0.511 e. The summed E-state index contributed by atoms with van der Waals surface area (Å²) in [6.45, 7) is 7.07. The summed E-state index contributed by atoms with van der Waals surface area (Å²) < 4.78 is 5.31. The van der Waals surface area contributed by atoms with E-state index in [-0.39, 0.29) is 23.8 Å². The van der Waals surface area contributed by atoms with Gasteiger partial charge in [0, 0.05) is 18.8 Å². The van der Waals surface area contributed by atoms with Crippen LogP contribution >= 0.6 is 0 Å². The van der Waals surface area contributed by atoms with Crippen molar-refractivity contribution in [1.29, 1.82) is 0 Å². The van der Waals surface area contributed by atoms with Crippen LogP contribution in [0.1, 0.15) is 45.7 Å². The van der Waals surface area contributed by atoms with Crippen molar-refractivity contribution in [2.24, 2.45) is 4.99 Å². The van der Waals surface area contributed by atoms with Gasteiger partial charge in [0.25, 0.3) is 0 Å². The van der Waals surface area contributed by atoms with Gasteiger partial charge in [0.05, 0.1) is 11.8 Å². The van der Waals surface area contributed by atoms with Gasteiger partial charge in [0.2, 0.25) is 0 Å². The number of aliphatic imine (C=N–C) groups is 1. The molecule has 1 N–H and O–H groups in total. The average molecular weight is 288 g/mol. The molecule has 0 aliphatic carbocycles. The van der Waals surface area contributed by atoms with Gasteiger partial charge in [-0.05, 0) is 39.3 Å². The van der Waals surface area contributed by atoms with E-state index in [1.807, 2.05) is 12.1 Å². The molecule has 0 aromatic carbocycles. The average Bonchev–Trinajstić information content (AvgIpc) is 2.36. The summed E-state index contributed by atoms with van der Waals surface area (Å²) in [4.78, 5) is 20.7. The van der Waals surface area contributed by atoms with Crippen LogP contribution in [0.4, 0.5) is 0 Å². The highest BCUT2D eigenvalue weighted by atomic mass is 16.6. The number of ether oxygens (including phenoxy) is 1. The van der Waals surface area contributed by atoms with E-state index in [2.05, 4.69) is 9.98 Å². The highest BCUT2D eigenvalue weighted by Crippen LogP contribution is 2.31. The highest BCUT2D eigenvalue weighted by Gasteiger charge is 2.30. The minimum atomic E-state index is -0.606. The van der Waals surface area contributed by atoms with Gasteiger partial charge in [0.1, 0.15) is 16.9 Å². The van der Waals surface area contributed by atoms with Gasteiger partial charge in [-0.2, -0.15) is 0 Å². The molecule has 112 valence electrons. The Morgan fingerprint density at radius 1 is 1.43 bits per heavy atom. The molecule has 0 amide bonds. The number of aromatic nitrogens is 1. The Hall–Kier alpha value is -2.17. The van der Waals surface area contributed by atoms with Crippen molar-refractivity contribution >= 4 is 11.7 Å². The normalized spacial score (nSPS) is 19.2. The Labute approximate surface area is 124 Å². The van der Waals surface area contributed by atoms with Gasteiger partial charge in [0.15, 0.2) is 0 Å². The van der Waals surface area contributed by atoms with E-state index in [4.69, 9.17) is 4.74 Å². The molecule has 1 aliphatic heterocycles. The second-order valence-electron chi connectivity index (χ2n) is 6.04. The van der Waals surface area contributed by atoms with Crippen molar-refractivity contribution in [2.45, 2.75) is 45.8 Å². The smallest absolute Gasteiger partial charge is 0.343 e. The zero-order valence-electron chi connectivity index (χ0n) is 12.8. The van der Waals surface area contributed by atoms with Crippen LogP contribution in [-0.2, 0) is 9.53 Å². The van der Waals surface area contributed by atoms with Crippen molar-refractivity contribution in [3.8, 4) is 0 Å². The Kier molecular flexibility index (Phi) is 4.11. The third-order valence-corrected chi connectivity index (χ3v) is 3.06. The lowest BCUT2D eigenvalue weighted by Crippen LogP contribution is -2.29. The number of hydrogen-bond donors (Lipinski definition) is 1. The predicted molar refractivity (Wildman–Crippen MR) is 80.2 cm³/mol. The molecule has 1 unspecified atom stereocenters. The largest absolute Gasteiger partial charge is 0.511 e. The molecule has 0 fully saturated rings. The summed E-state index contributed by atoms with van der Waals surface area (Å²) in [6.07, 6.45) is 3.68. The third kappa shape index (κ3) is 3.68. The highest BCUT2D eigenvalue weighted by molar-refractivity contribution is 6.19. The molecule has 21 heavy (non-hydrogen) atoms. The molecule has 1 aromatic rings. The number of dihydropyridines is 1. The Morgan fingerprint density at radius 3 is 2.67 bits per heavy atom. The summed E-state index contributed by atoms with van der Waals surface area (Å²) in [5.74, 6) is -0.517. The van der Waals surface area contributed by atoms with Crippen LogP contribution < -0.4 is 0 Å². The lowest BCUT2D eigenvalue weighted by atomic mass is 9.97. The number of esters is 1. The molecule has 0 saturated carbocycles. The monoisotopic (exact) mass is 288 g/mol. The zero-order chi connectivity index (χ0) is 15.6. The number of hydrogen-bond acceptors (Lipinski definition) is 5. The number of nitrogens with zero attached hydrogens (tertiary/aromatic N) is 2. The first kappa shape index (κ1) is 15.2. The first-order valence-electron chi connectivity index (χ1n) is 6.88. The van der Waals surface area contributed by atoms with E-state index in [0.717, 1.165) is 5.56 Å². The maximum Gasteiger partial charge on any atom is 0.343 e. The molecule has 0 spiro atoms. The second kappa shape index (κ2) is 5.68. The van der Waals surface area contributed by atoms with Crippen LogP contribution in [0.15, 0.2) is 40.9 Å². The maximum atomic E-state index is 12.1. The predicted octanol–water partition coefficient (Wildman–Crippen LogP) is 3.14. The number of aliphatic hydroxyl groups is 1. The molecule has 2 rings (SSSR count). The Bertz CT molecular complexity index is 598. The molecule has 5 nitrogen and oxygen atoms in total. The first-order valence-corrected chi connectivity index (χ1v) is 6.88. The van der Waals surface area contributed by atoms with Crippen molar-refractivity contribution in [3.05, 3.63) is 41.4 Å². The van der Waals surface area contributed by atoms with Crippen LogP contribution in [0, 0.1) is 0 Å². The van der Waals surface area contributed by atoms with Gasteiger partial charge in [-0.25, -0.2) is 4.79 Å². The number of rotatable bonds is 2. The van der Waals surface area contributed by atoms with Crippen LogP contribution in [-0.4, -0.2) is 27.4 Å². The summed E-state index contributed by atoms with van der Waals surface area (Å²) in [6, 6.07) is 3.51. The van der Waals surface area contributed by atoms with E-state index in [1.165, 1.54) is 0 Å². The molecule has 0 radical (unpaired) electrons. The topological polar surface area (TPSA) is 71.8 Å². The fourth-order valence-electron chi connectivity index (χ4n) is 2.20. The lowest BCUT2D eigenvalue weighted by Gasteiger charge is -2.24. The number of aliphatic hydroxyl groups excluding tert-OH is 1. The van der Waals surface area contributed by atoms with Gasteiger partial charge in [-0.15, -0.1) is 0 Å². The molecule has 1 atom stereocenters. The van der Waals surface area contributed by atoms with Gasteiger partial charge >= 0.3 is 5.97 Å². The SMILES string of the molecule is CC1=NC(c2cccnc2)CC(O)=C1C(=O)OC(C)(C)C. The van der Waals surface area contributed by atoms with E-state index >= 15 is 0 Å². The van der Waals surface area contributed by atoms with Crippen LogP contribution in [0.3, 0.4) is 0 Å². The van der Waals surface area contributed by atoms with Crippen molar-refractivity contribution in [2.75, 3.05) is 0 Å². The van der Waals surface area contributed by atoms with Crippen molar-refractivity contribution in [3.63, 3.8) is 0 Å². The minimum absolute atomic E-state index is 0.0191. The molecule has 1 aliphatic rings. The van der Waals surface area contributed by atoms with Crippen LogP contribution in [0.5, 0.6) is 0 Å². The fraction of sp³-hybridized carbons (Fsp3) is 0.438. The standard InChI is InChI=1S/C16H20N2O3/c1-10-14(15(20)21-16(2,3)4)13(19)8-12(18-10)11-6-5-7-17-9-11/h5-7,9,12,19H,8H2,1-4H3. The maximum absolute atomic E-state index is 12.1. The Balaban J connectivity index is 2.24. The van der Waals surface area contributed by atoms with E-state index in [0.29, 0.717) is 5.71 Å². The lowest BCUT2D eigenvalue weighted by molar-refractivity contribution is -0.149. The van der Waals surface area contributed by atoms with Crippen molar-refractivity contribution < 1.29 is 14.6 Å². The molecule has 5 heteroatoms. The molecule has 0 bridgehead atoms. The van der Waals surface area contributed by atoms with Gasteiger partial charge in [-0.3, -0.25) is 9.98 Å². The summed E-state index contributed by atoms with van der Waals surface area (Å²) in [5.41, 5.74) is 0.962. The molecular formula is C16H20N2O3. The molecule has 0 saturated heterocycles. The van der Waals surface area contributed by atoms with E-state index in [9.17, 15) is 9.90 Å². The fourth-order valence-corrected chi connectivity index (χ4v) is 2.20.